The number of carbonyl (C=O) groups is 2. The summed E-state index contributed by atoms with van der Waals surface area (Å²) in [6.45, 7) is 4.59. The van der Waals surface area contributed by atoms with Crippen LogP contribution in [0.25, 0.3) is 0 Å². The molecule has 184 valence electrons. The molecule has 0 aliphatic carbocycles. The molecule has 5 nitrogen and oxygen atoms in total. The summed E-state index contributed by atoms with van der Waals surface area (Å²) in [4.78, 5) is 28.5. The molecule has 1 N–H and O–H groups in total. The fraction of sp³-hybridized carbons (Fsp3) is 0.286. The fourth-order valence-electron chi connectivity index (χ4n) is 3.55. The van der Waals surface area contributed by atoms with E-state index < -0.39 is 6.04 Å². The number of rotatable bonds is 11. The molecular weight excluding hydrogens is 483 g/mol. The van der Waals surface area contributed by atoms with Crippen LogP contribution < -0.4 is 10.1 Å². The molecule has 35 heavy (non-hydrogen) atoms. The lowest BCUT2D eigenvalue weighted by Gasteiger charge is -2.31. The van der Waals surface area contributed by atoms with E-state index in [1.165, 1.54) is 0 Å². The van der Waals surface area contributed by atoms with Crippen molar-refractivity contribution in [2.24, 2.45) is 5.92 Å². The first-order valence-electron chi connectivity index (χ1n) is 11.6. The maximum absolute atomic E-state index is 13.5. The van der Waals surface area contributed by atoms with Crippen LogP contribution in [0.4, 0.5) is 0 Å². The van der Waals surface area contributed by atoms with Crippen molar-refractivity contribution in [2.45, 2.75) is 32.9 Å². The molecule has 0 radical (unpaired) electrons. The van der Waals surface area contributed by atoms with E-state index in [1.54, 1.807) is 41.3 Å². The van der Waals surface area contributed by atoms with E-state index in [0.717, 1.165) is 11.1 Å². The van der Waals surface area contributed by atoms with Crippen molar-refractivity contribution in [2.75, 3.05) is 13.2 Å². The Morgan fingerprint density at radius 2 is 1.60 bits per heavy atom. The van der Waals surface area contributed by atoms with Crippen molar-refractivity contribution in [1.82, 2.24) is 10.2 Å². The van der Waals surface area contributed by atoms with Gasteiger partial charge in [0.25, 0.3) is 5.91 Å². The van der Waals surface area contributed by atoms with Crippen molar-refractivity contribution < 1.29 is 14.3 Å². The second-order valence-corrected chi connectivity index (χ2v) is 9.61. The van der Waals surface area contributed by atoms with Crippen LogP contribution >= 0.6 is 23.2 Å². The zero-order valence-electron chi connectivity index (χ0n) is 19.9. The van der Waals surface area contributed by atoms with Gasteiger partial charge in [-0.25, -0.2) is 0 Å². The third-order valence-electron chi connectivity index (χ3n) is 5.38. The van der Waals surface area contributed by atoms with Gasteiger partial charge in [-0.05, 0) is 47.4 Å². The Morgan fingerprint density at radius 1 is 0.886 bits per heavy atom. The van der Waals surface area contributed by atoms with Gasteiger partial charge in [0.05, 0.1) is 0 Å². The third-order valence-corrected chi connectivity index (χ3v) is 5.87. The van der Waals surface area contributed by atoms with Crippen LogP contribution in [0.15, 0.2) is 78.9 Å². The summed E-state index contributed by atoms with van der Waals surface area (Å²) in [7, 11) is 0. The van der Waals surface area contributed by atoms with Gasteiger partial charge < -0.3 is 15.0 Å². The molecule has 0 fully saturated rings. The topological polar surface area (TPSA) is 58.6 Å². The summed E-state index contributed by atoms with van der Waals surface area (Å²) in [5, 5.41) is 4.12. The van der Waals surface area contributed by atoms with Crippen molar-refractivity contribution in [3.05, 3.63) is 100 Å². The summed E-state index contributed by atoms with van der Waals surface area (Å²) < 4.78 is 5.74. The van der Waals surface area contributed by atoms with E-state index >= 15 is 0 Å². The van der Waals surface area contributed by atoms with Crippen LogP contribution in [-0.2, 0) is 22.6 Å². The molecule has 0 saturated carbocycles. The summed E-state index contributed by atoms with van der Waals surface area (Å²) in [5.74, 6) is 0.261. The highest BCUT2D eigenvalue weighted by Gasteiger charge is 2.30. The maximum atomic E-state index is 13.5. The predicted octanol–water partition coefficient (Wildman–Crippen LogP) is 5.78. The van der Waals surface area contributed by atoms with Crippen molar-refractivity contribution >= 4 is 35.0 Å². The maximum Gasteiger partial charge on any atom is 0.261 e. The van der Waals surface area contributed by atoms with E-state index in [9.17, 15) is 9.59 Å². The van der Waals surface area contributed by atoms with Crippen LogP contribution in [0.5, 0.6) is 5.75 Å². The van der Waals surface area contributed by atoms with E-state index in [1.807, 2.05) is 56.3 Å². The summed E-state index contributed by atoms with van der Waals surface area (Å²) in [6, 6.07) is 23.1. The van der Waals surface area contributed by atoms with E-state index in [4.69, 9.17) is 27.9 Å². The molecule has 0 aliphatic rings. The third kappa shape index (κ3) is 8.61. The minimum absolute atomic E-state index is 0.201. The van der Waals surface area contributed by atoms with Gasteiger partial charge in [-0.3, -0.25) is 9.59 Å². The first-order valence-corrected chi connectivity index (χ1v) is 12.3. The Kier molecular flexibility index (Phi) is 10.0. The number of nitrogens with one attached hydrogen (secondary N) is 1. The van der Waals surface area contributed by atoms with Crippen LogP contribution in [0.1, 0.15) is 25.0 Å². The molecule has 0 aromatic heterocycles. The van der Waals surface area contributed by atoms with Crippen molar-refractivity contribution in [1.29, 1.82) is 0 Å². The number of amides is 2. The molecule has 3 aromatic carbocycles. The standard InChI is InChI=1S/C28H30Cl2N2O3/c1-20(2)17-31-28(34)26(15-21-7-4-3-5-8-21)32(18-22-11-13-23(29)14-12-22)27(33)19-35-25-10-6-9-24(30)16-25/h3-14,16,20,26H,15,17-19H2,1-2H3,(H,31,34). The highest BCUT2D eigenvalue weighted by molar-refractivity contribution is 6.30. The lowest BCUT2D eigenvalue weighted by atomic mass is 10.0. The SMILES string of the molecule is CC(C)CNC(=O)C(Cc1ccccc1)N(Cc1ccc(Cl)cc1)C(=O)COc1cccc(Cl)c1. The van der Waals surface area contributed by atoms with Gasteiger partial charge in [-0.1, -0.05) is 85.6 Å². The van der Waals surface area contributed by atoms with Crippen LogP contribution in [0, 0.1) is 5.92 Å². The number of carbonyl (C=O) groups excluding carboxylic acids is 2. The van der Waals surface area contributed by atoms with Gasteiger partial charge in [0, 0.05) is 29.6 Å². The van der Waals surface area contributed by atoms with Crippen LogP contribution in [0.2, 0.25) is 10.0 Å². The Morgan fingerprint density at radius 3 is 2.26 bits per heavy atom. The van der Waals surface area contributed by atoms with Crippen LogP contribution in [-0.4, -0.2) is 35.9 Å². The zero-order chi connectivity index (χ0) is 25.2. The molecule has 1 atom stereocenters. The smallest absolute Gasteiger partial charge is 0.261 e. The summed E-state index contributed by atoms with van der Waals surface area (Å²) >= 11 is 12.1. The largest absolute Gasteiger partial charge is 0.484 e. The predicted molar refractivity (Wildman–Crippen MR) is 141 cm³/mol. The zero-order valence-corrected chi connectivity index (χ0v) is 21.4. The lowest BCUT2D eigenvalue weighted by molar-refractivity contribution is -0.142. The molecular formula is C28H30Cl2N2O3. The Bertz CT molecular complexity index is 1100. The highest BCUT2D eigenvalue weighted by atomic mass is 35.5. The van der Waals surface area contributed by atoms with Gasteiger partial charge in [-0.2, -0.15) is 0 Å². The van der Waals surface area contributed by atoms with E-state index in [2.05, 4.69) is 5.32 Å². The second-order valence-electron chi connectivity index (χ2n) is 8.74. The average molecular weight is 513 g/mol. The minimum atomic E-state index is -0.720. The summed E-state index contributed by atoms with van der Waals surface area (Å²) in [5.41, 5.74) is 1.82. The molecule has 0 bridgehead atoms. The van der Waals surface area contributed by atoms with E-state index in [0.29, 0.717) is 28.8 Å². The number of nitrogens with zero attached hydrogens (tertiary/aromatic N) is 1. The molecule has 0 heterocycles. The average Bonchev–Trinajstić information content (AvgIpc) is 2.85. The van der Waals surface area contributed by atoms with Gasteiger partial charge >= 0.3 is 0 Å². The minimum Gasteiger partial charge on any atom is -0.484 e. The Hall–Kier alpha value is -3.02. The Balaban J connectivity index is 1.89. The summed E-state index contributed by atoms with van der Waals surface area (Å²) in [6.07, 6.45) is 0.376. The van der Waals surface area contributed by atoms with Gasteiger partial charge in [-0.15, -0.1) is 0 Å². The molecule has 3 rings (SSSR count). The number of hydrogen-bond acceptors (Lipinski definition) is 3. The number of halogens is 2. The van der Waals surface area contributed by atoms with Crippen molar-refractivity contribution in [3.8, 4) is 5.75 Å². The molecule has 0 aliphatic heterocycles. The normalized spacial score (nSPS) is 11.7. The van der Waals surface area contributed by atoms with Gasteiger partial charge in [0.1, 0.15) is 11.8 Å². The van der Waals surface area contributed by atoms with E-state index in [-0.39, 0.29) is 30.9 Å². The number of benzene rings is 3. The number of ether oxygens (including phenoxy) is 1. The molecule has 0 saturated heterocycles. The lowest BCUT2D eigenvalue weighted by Crippen LogP contribution is -2.52. The quantitative estimate of drug-likeness (QED) is 0.354. The molecule has 2 amide bonds. The first-order chi connectivity index (χ1) is 16.8. The molecule has 0 spiro atoms. The first kappa shape index (κ1) is 26.6. The Labute approximate surface area is 217 Å². The molecule has 1 unspecified atom stereocenters. The van der Waals surface area contributed by atoms with Crippen molar-refractivity contribution in [3.63, 3.8) is 0 Å². The van der Waals surface area contributed by atoms with Gasteiger partial charge in [0.15, 0.2) is 6.61 Å². The number of hydrogen-bond donors (Lipinski definition) is 1. The van der Waals surface area contributed by atoms with Crippen LogP contribution in [0.3, 0.4) is 0 Å². The van der Waals surface area contributed by atoms with Gasteiger partial charge in [0.2, 0.25) is 5.91 Å². The molecule has 7 heteroatoms. The monoisotopic (exact) mass is 512 g/mol. The highest BCUT2D eigenvalue weighted by Crippen LogP contribution is 2.19. The second kappa shape index (κ2) is 13.2. The fourth-order valence-corrected chi connectivity index (χ4v) is 3.85. The molecule has 3 aromatic rings.